The summed E-state index contributed by atoms with van der Waals surface area (Å²) in [5.74, 6) is 0.262. The number of amides is 1. The van der Waals surface area contributed by atoms with E-state index in [0.29, 0.717) is 18.6 Å². The fourth-order valence-corrected chi connectivity index (χ4v) is 3.50. The maximum Gasteiger partial charge on any atom is 0.237 e. The van der Waals surface area contributed by atoms with E-state index in [1.165, 1.54) is 11.1 Å². The molecule has 1 aliphatic heterocycles. The molecule has 0 unspecified atom stereocenters. The number of rotatable bonds is 8. The fourth-order valence-electron chi connectivity index (χ4n) is 3.50. The van der Waals surface area contributed by atoms with E-state index < -0.39 is 0 Å². The van der Waals surface area contributed by atoms with Crippen LogP contribution >= 0.6 is 0 Å². The smallest absolute Gasteiger partial charge is 0.237 e. The van der Waals surface area contributed by atoms with Crippen molar-refractivity contribution in [2.75, 3.05) is 26.2 Å². The number of benzene rings is 1. The number of hydrogen-bond donors (Lipinski definition) is 1. The highest BCUT2D eigenvalue weighted by atomic mass is 16.2. The Labute approximate surface area is 153 Å². The summed E-state index contributed by atoms with van der Waals surface area (Å²) in [6, 6.07) is 9.65. The van der Waals surface area contributed by atoms with E-state index >= 15 is 0 Å². The van der Waals surface area contributed by atoms with Crippen LogP contribution in [0.3, 0.4) is 0 Å². The molecule has 25 heavy (non-hydrogen) atoms. The lowest BCUT2D eigenvalue weighted by molar-refractivity contribution is -0.133. The van der Waals surface area contributed by atoms with Crippen molar-refractivity contribution in [3.63, 3.8) is 0 Å². The van der Waals surface area contributed by atoms with Gasteiger partial charge in [0.15, 0.2) is 0 Å². The number of nitrogens with one attached hydrogen (secondary N) is 1. The summed E-state index contributed by atoms with van der Waals surface area (Å²) in [7, 11) is 0. The van der Waals surface area contributed by atoms with Crippen LogP contribution in [0.4, 0.5) is 0 Å². The first-order valence-electron chi connectivity index (χ1n) is 9.79. The van der Waals surface area contributed by atoms with E-state index in [0.717, 1.165) is 45.4 Å². The van der Waals surface area contributed by atoms with Crippen molar-refractivity contribution in [2.45, 2.75) is 65.6 Å². The minimum absolute atomic E-state index is 0.262. The Morgan fingerprint density at radius 3 is 2.44 bits per heavy atom. The molecule has 2 rings (SSSR count). The van der Waals surface area contributed by atoms with Gasteiger partial charge in [0.1, 0.15) is 0 Å². The van der Waals surface area contributed by atoms with Gasteiger partial charge in [-0.3, -0.25) is 9.69 Å². The Balaban J connectivity index is 1.85. The maximum atomic E-state index is 12.8. The van der Waals surface area contributed by atoms with Gasteiger partial charge in [0.05, 0.1) is 6.54 Å². The second kappa shape index (κ2) is 9.93. The molecular formula is C21H35N3O. The summed E-state index contributed by atoms with van der Waals surface area (Å²) in [4.78, 5) is 17.1. The fraction of sp³-hybridized carbons (Fsp3) is 0.667. The zero-order chi connectivity index (χ0) is 18.2. The van der Waals surface area contributed by atoms with Crippen LogP contribution in [0.1, 0.15) is 51.2 Å². The topological polar surface area (TPSA) is 35.6 Å². The van der Waals surface area contributed by atoms with Gasteiger partial charge in [-0.05, 0) is 31.7 Å². The quantitative estimate of drug-likeness (QED) is 0.786. The maximum absolute atomic E-state index is 12.8. The third kappa shape index (κ3) is 6.79. The number of carbonyl (C=O) groups is 1. The lowest BCUT2D eigenvalue weighted by Gasteiger charge is -2.34. The van der Waals surface area contributed by atoms with Crippen LogP contribution in [0.2, 0.25) is 0 Å². The Morgan fingerprint density at radius 2 is 1.88 bits per heavy atom. The lowest BCUT2D eigenvalue weighted by Crippen LogP contribution is -2.48. The molecule has 1 N–H and O–H groups in total. The van der Waals surface area contributed by atoms with Crippen LogP contribution in [0, 0.1) is 6.92 Å². The summed E-state index contributed by atoms with van der Waals surface area (Å²) < 4.78 is 0. The predicted molar refractivity (Wildman–Crippen MR) is 105 cm³/mol. The van der Waals surface area contributed by atoms with Crippen molar-refractivity contribution < 1.29 is 4.79 Å². The molecule has 0 saturated carbocycles. The molecule has 1 fully saturated rings. The van der Waals surface area contributed by atoms with Crippen LogP contribution in [0.15, 0.2) is 24.3 Å². The van der Waals surface area contributed by atoms with E-state index in [9.17, 15) is 4.79 Å². The van der Waals surface area contributed by atoms with Gasteiger partial charge in [-0.2, -0.15) is 0 Å². The second-order valence-corrected chi connectivity index (χ2v) is 7.67. The normalized spacial score (nSPS) is 16.4. The number of piperidine rings is 1. The van der Waals surface area contributed by atoms with Crippen LogP contribution < -0.4 is 5.32 Å². The number of hydrogen-bond acceptors (Lipinski definition) is 3. The highest BCUT2D eigenvalue weighted by Gasteiger charge is 2.23. The van der Waals surface area contributed by atoms with Crippen molar-refractivity contribution >= 4 is 5.91 Å². The molecule has 1 amide bonds. The number of carbonyl (C=O) groups excluding carboxylic acids is 1. The molecule has 1 aliphatic rings. The van der Waals surface area contributed by atoms with Crippen LogP contribution in [-0.4, -0.2) is 54.0 Å². The average molecular weight is 346 g/mol. The second-order valence-electron chi connectivity index (χ2n) is 7.67. The van der Waals surface area contributed by atoms with E-state index in [2.05, 4.69) is 62.2 Å². The molecule has 0 radical (unpaired) electrons. The summed E-state index contributed by atoms with van der Waals surface area (Å²) in [5.41, 5.74) is 2.47. The van der Waals surface area contributed by atoms with Crippen molar-refractivity contribution in [2.24, 2.45) is 0 Å². The third-order valence-corrected chi connectivity index (χ3v) is 4.86. The van der Waals surface area contributed by atoms with Gasteiger partial charge in [-0.15, -0.1) is 0 Å². The first kappa shape index (κ1) is 19.9. The zero-order valence-corrected chi connectivity index (χ0v) is 16.4. The van der Waals surface area contributed by atoms with Gasteiger partial charge in [0, 0.05) is 38.3 Å². The molecule has 0 bridgehead atoms. The highest BCUT2D eigenvalue weighted by Crippen LogP contribution is 2.13. The molecule has 0 spiro atoms. The van der Waals surface area contributed by atoms with Gasteiger partial charge in [-0.25, -0.2) is 0 Å². The van der Waals surface area contributed by atoms with Crippen LogP contribution in [0.5, 0.6) is 0 Å². The highest BCUT2D eigenvalue weighted by molar-refractivity contribution is 5.78. The van der Waals surface area contributed by atoms with Gasteiger partial charge in [-0.1, -0.05) is 50.6 Å². The number of likely N-dealkylation sites (tertiary alicyclic amines) is 1. The Kier molecular flexibility index (Phi) is 7.91. The standard InChI is InChI=1S/C21H35N3O/c1-5-12-24(15-19-8-6-18(4)7-9-19)21(25)16-23-13-10-20(11-14-23)22-17(2)3/h6-9,17,20,22H,5,10-16H2,1-4H3. The largest absolute Gasteiger partial charge is 0.337 e. The average Bonchev–Trinajstić information content (AvgIpc) is 2.57. The molecule has 1 aromatic carbocycles. The lowest BCUT2D eigenvalue weighted by atomic mass is 10.0. The van der Waals surface area contributed by atoms with Crippen molar-refractivity contribution in [3.8, 4) is 0 Å². The van der Waals surface area contributed by atoms with Crippen LogP contribution in [0.25, 0.3) is 0 Å². The molecule has 140 valence electrons. The predicted octanol–water partition coefficient (Wildman–Crippen LogP) is 3.20. The van der Waals surface area contributed by atoms with Crippen LogP contribution in [-0.2, 0) is 11.3 Å². The van der Waals surface area contributed by atoms with Gasteiger partial charge in [0.25, 0.3) is 0 Å². The molecule has 4 nitrogen and oxygen atoms in total. The Morgan fingerprint density at radius 1 is 1.24 bits per heavy atom. The van der Waals surface area contributed by atoms with E-state index in [4.69, 9.17) is 0 Å². The molecule has 1 saturated heterocycles. The number of nitrogens with zero attached hydrogens (tertiary/aromatic N) is 2. The first-order chi connectivity index (χ1) is 12.0. The SMILES string of the molecule is CCCN(Cc1ccc(C)cc1)C(=O)CN1CCC(NC(C)C)CC1. The summed E-state index contributed by atoms with van der Waals surface area (Å²) in [6.45, 7) is 12.8. The summed E-state index contributed by atoms with van der Waals surface area (Å²) in [6.07, 6.45) is 3.27. The Bertz CT molecular complexity index is 518. The van der Waals surface area contributed by atoms with Gasteiger partial charge in [0.2, 0.25) is 5.91 Å². The molecule has 0 atom stereocenters. The molecular weight excluding hydrogens is 310 g/mol. The van der Waals surface area contributed by atoms with E-state index in [1.807, 2.05) is 4.90 Å². The number of aryl methyl sites for hydroxylation is 1. The van der Waals surface area contributed by atoms with E-state index in [1.54, 1.807) is 0 Å². The molecule has 4 heteroatoms. The van der Waals surface area contributed by atoms with Crippen molar-refractivity contribution in [3.05, 3.63) is 35.4 Å². The van der Waals surface area contributed by atoms with Crippen molar-refractivity contribution in [1.82, 2.24) is 15.1 Å². The summed E-state index contributed by atoms with van der Waals surface area (Å²) >= 11 is 0. The Hall–Kier alpha value is -1.39. The van der Waals surface area contributed by atoms with Gasteiger partial charge < -0.3 is 10.2 Å². The molecule has 1 aromatic rings. The van der Waals surface area contributed by atoms with E-state index in [-0.39, 0.29) is 5.91 Å². The molecule has 0 aliphatic carbocycles. The minimum Gasteiger partial charge on any atom is -0.337 e. The zero-order valence-electron chi connectivity index (χ0n) is 16.4. The monoisotopic (exact) mass is 345 g/mol. The first-order valence-corrected chi connectivity index (χ1v) is 9.79. The molecule has 1 heterocycles. The van der Waals surface area contributed by atoms with Crippen molar-refractivity contribution in [1.29, 1.82) is 0 Å². The molecule has 0 aromatic heterocycles. The van der Waals surface area contributed by atoms with Gasteiger partial charge >= 0.3 is 0 Å². The minimum atomic E-state index is 0.262. The summed E-state index contributed by atoms with van der Waals surface area (Å²) in [5, 5.41) is 3.61. The third-order valence-electron chi connectivity index (χ3n) is 4.86.